The minimum absolute atomic E-state index is 0.0937. The Morgan fingerprint density at radius 2 is 1.77 bits per heavy atom. The number of nitrogens with zero attached hydrogens (tertiary/aromatic N) is 1. The summed E-state index contributed by atoms with van der Waals surface area (Å²) in [5.41, 5.74) is 3.37. The minimum Gasteiger partial charge on any atom is -0.486 e. The maximum atomic E-state index is 13.0. The number of benzene rings is 2. The van der Waals surface area contributed by atoms with Gasteiger partial charge in [0.1, 0.15) is 12.3 Å². The molecule has 0 aromatic heterocycles. The Hall–Kier alpha value is -2.08. The van der Waals surface area contributed by atoms with Gasteiger partial charge in [0.15, 0.2) is 10.9 Å². The summed E-state index contributed by atoms with van der Waals surface area (Å²) < 4.78 is 5.86. The van der Waals surface area contributed by atoms with E-state index in [9.17, 15) is 4.79 Å². The van der Waals surface area contributed by atoms with Crippen molar-refractivity contribution in [1.29, 1.82) is 0 Å². The number of amides is 1. The van der Waals surface area contributed by atoms with Crippen molar-refractivity contribution in [1.82, 2.24) is 10.2 Å². The molecular weight excluding hydrogens is 451 g/mol. The smallest absolute Gasteiger partial charge is 0.276 e. The molecule has 2 aromatic rings. The van der Waals surface area contributed by atoms with Gasteiger partial charge in [0.05, 0.1) is 10.0 Å². The molecule has 1 saturated carbocycles. The van der Waals surface area contributed by atoms with E-state index in [2.05, 4.69) is 5.32 Å². The van der Waals surface area contributed by atoms with E-state index in [4.69, 9.17) is 40.2 Å². The van der Waals surface area contributed by atoms with E-state index in [0.717, 1.165) is 31.2 Å². The van der Waals surface area contributed by atoms with Crippen molar-refractivity contribution < 1.29 is 9.53 Å². The molecule has 1 aliphatic carbocycles. The van der Waals surface area contributed by atoms with Gasteiger partial charge in [-0.25, -0.2) is 0 Å². The van der Waals surface area contributed by atoms with Crippen LogP contribution in [0.3, 0.4) is 0 Å². The third-order valence-corrected chi connectivity index (χ3v) is 6.55. The number of halogens is 2. The fourth-order valence-electron chi connectivity index (χ4n) is 4.03. The first kappa shape index (κ1) is 22.1. The zero-order valence-electron chi connectivity index (χ0n) is 17.3. The monoisotopic (exact) mass is 474 g/mol. The molecule has 1 amide bonds. The summed E-state index contributed by atoms with van der Waals surface area (Å²) in [6.45, 7) is 2.40. The zero-order valence-corrected chi connectivity index (χ0v) is 19.6. The SMILES string of the molecule is Cc1ccc(COc2c(Cl)cc(/C=C3\NC(=S)N(C4CCCCC4)C3=O)cc2Cl)cc1. The van der Waals surface area contributed by atoms with E-state index in [1.54, 1.807) is 23.1 Å². The lowest BCUT2D eigenvalue weighted by Crippen LogP contribution is -2.41. The summed E-state index contributed by atoms with van der Waals surface area (Å²) in [5, 5.41) is 4.31. The number of aryl methyl sites for hydroxylation is 1. The highest BCUT2D eigenvalue weighted by atomic mass is 35.5. The van der Waals surface area contributed by atoms with Gasteiger partial charge in [-0.05, 0) is 61.3 Å². The third-order valence-electron chi connectivity index (χ3n) is 5.68. The molecule has 4 rings (SSSR count). The molecule has 2 fully saturated rings. The van der Waals surface area contributed by atoms with Gasteiger partial charge in [0.25, 0.3) is 5.91 Å². The molecule has 31 heavy (non-hydrogen) atoms. The molecule has 0 unspecified atom stereocenters. The quantitative estimate of drug-likeness (QED) is 0.409. The number of carbonyl (C=O) groups is 1. The first-order valence-corrected chi connectivity index (χ1v) is 11.6. The summed E-state index contributed by atoms with van der Waals surface area (Å²) in [4.78, 5) is 14.7. The van der Waals surface area contributed by atoms with Crippen LogP contribution in [0.1, 0.15) is 48.8 Å². The molecule has 1 heterocycles. The van der Waals surface area contributed by atoms with E-state index in [-0.39, 0.29) is 11.9 Å². The molecule has 7 heteroatoms. The Kier molecular flexibility index (Phi) is 6.85. The average molecular weight is 475 g/mol. The predicted molar refractivity (Wildman–Crippen MR) is 129 cm³/mol. The van der Waals surface area contributed by atoms with Crippen molar-refractivity contribution in [2.75, 3.05) is 0 Å². The Bertz CT molecular complexity index is 1010. The number of carbonyl (C=O) groups excluding carboxylic acids is 1. The summed E-state index contributed by atoms with van der Waals surface area (Å²) in [7, 11) is 0. The molecule has 0 atom stereocenters. The number of nitrogens with one attached hydrogen (secondary N) is 1. The molecule has 0 bridgehead atoms. The van der Waals surface area contributed by atoms with E-state index < -0.39 is 0 Å². The average Bonchev–Trinajstić information content (AvgIpc) is 3.02. The number of ether oxygens (including phenoxy) is 1. The van der Waals surface area contributed by atoms with Crippen LogP contribution < -0.4 is 10.1 Å². The lowest BCUT2D eigenvalue weighted by Gasteiger charge is -2.29. The number of hydrogen-bond acceptors (Lipinski definition) is 3. The summed E-state index contributed by atoms with van der Waals surface area (Å²) in [5.74, 6) is 0.333. The van der Waals surface area contributed by atoms with Crippen molar-refractivity contribution in [3.05, 3.63) is 68.8 Å². The van der Waals surface area contributed by atoms with Gasteiger partial charge in [0.2, 0.25) is 0 Å². The van der Waals surface area contributed by atoms with Gasteiger partial charge in [-0.2, -0.15) is 0 Å². The molecule has 1 saturated heterocycles. The Morgan fingerprint density at radius 1 is 1.13 bits per heavy atom. The fraction of sp³-hybridized carbons (Fsp3) is 0.333. The highest BCUT2D eigenvalue weighted by molar-refractivity contribution is 7.80. The summed E-state index contributed by atoms with van der Waals surface area (Å²) in [6.07, 6.45) is 7.20. The third kappa shape index (κ3) is 5.05. The van der Waals surface area contributed by atoms with E-state index in [0.29, 0.717) is 38.8 Å². The number of thiocarbonyl (C=S) groups is 1. The van der Waals surface area contributed by atoms with E-state index >= 15 is 0 Å². The van der Waals surface area contributed by atoms with Crippen LogP contribution in [0.25, 0.3) is 6.08 Å². The van der Waals surface area contributed by atoms with Gasteiger partial charge in [-0.3, -0.25) is 9.69 Å². The van der Waals surface area contributed by atoms with Gasteiger partial charge >= 0.3 is 0 Å². The minimum atomic E-state index is -0.0937. The van der Waals surface area contributed by atoms with E-state index in [1.807, 2.05) is 31.2 Å². The van der Waals surface area contributed by atoms with Crippen molar-refractivity contribution >= 4 is 52.5 Å². The standard InChI is InChI=1S/C24H24Cl2N2O2S/c1-15-7-9-16(10-8-15)14-30-22-19(25)11-17(12-20(22)26)13-21-23(29)28(24(31)27-21)18-5-3-2-4-6-18/h7-13,18H,2-6,14H2,1H3,(H,27,31)/b21-13-. The molecule has 0 spiro atoms. The van der Waals surface area contributed by atoms with Crippen molar-refractivity contribution in [2.45, 2.75) is 51.7 Å². The number of hydrogen-bond donors (Lipinski definition) is 1. The normalized spacial score (nSPS) is 18.5. The topological polar surface area (TPSA) is 41.6 Å². The van der Waals surface area contributed by atoms with E-state index in [1.165, 1.54) is 12.0 Å². The Morgan fingerprint density at radius 3 is 2.42 bits per heavy atom. The highest BCUT2D eigenvalue weighted by Gasteiger charge is 2.36. The second kappa shape index (κ2) is 9.60. The first-order chi connectivity index (χ1) is 14.9. The lowest BCUT2D eigenvalue weighted by molar-refractivity contribution is -0.124. The molecular formula is C24H24Cl2N2O2S. The maximum Gasteiger partial charge on any atom is 0.276 e. The van der Waals surface area contributed by atoms with Crippen molar-refractivity contribution in [3.8, 4) is 5.75 Å². The largest absolute Gasteiger partial charge is 0.486 e. The van der Waals surface area contributed by atoms with Crippen LogP contribution >= 0.6 is 35.4 Å². The van der Waals surface area contributed by atoms with Crippen molar-refractivity contribution in [2.24, 2.45) is 0 Å². The summed E-state index contributed by atoms with van der Waals surface area (Å²) in [6, 6.07) is 11.7. The molecule has 0 radical (unpaired) electrons. The number of rotatable bonds is 5. The molecule has 1 N–H and O–H groups in total. The lowest BCUT2D eigenvalue weighted by atomic mass is 9.94. The van der Waals surface area contributed by atoms with Crippen LogP contribution in [0.15, 0.2) is 42.1 Å². The summed E-state index contributed by atoms with van der Waals surface area (Å²) >= 11 is 18.3. The molecule has 2 aromatic carbocycles. The molecule has 162 valence electrons. The Balaban J connectivity index is 1.49. The van der Waals surface area contributed by atoms with Crippen LogP contribution in [0, 0.1) is 6.92 Å². The van der Waals surface area contributed by atoms with Gasteiger partial charge in [0, 0.05) is 6.04 Å². The van der Waals surface area contributed by atoms with Gasteiger partial charge in [-0.1, -0.05) is 72.3 Å². The molecule has 2 aliphatic rings. The molecule has 1 aliphatic heterocycles. The predicted octanol–water partition coefficient (Wildman–Crippen LogP) is 6.27. The van der Waals surface area contributed by atoms with Crippen LogP contribution in [-0.4, -0.2) is 22.0 Å². The molecule has 4 nitrogen and oxygen atoms in total. The van der Waals surface area contributed by atoms with Crippen LogP contribution in [0.4, 0.5) is 0 Å². The Labute approximate surface area is 198 Å². The van der Waals surface area contributed by atoms with Gasteiger partial charge in [-0.15, -0.1) is 0 Å². The maximum absolute atomic E-state index is 13.0. The zero-order chi connectivity index (χ0) is 22.0. The first-order valence-electron chi connectivity index (χ1n) is 10.5. The van der Waals surface area contributed by atoms with Crippen molar-refractivity contribution in [3.63, 3.8) is 0 Å². The fourth-order valence-corrected chi connectivity index (χ4v) is 4.98. The second-order valence-corrected chi connectivity index (χ2v) is 9.24. The van der Waals surface area contributed by atoms with Gasteiger partial charge < -0.3 is 10.1 Å². The van der Waals surface area contributed by atoms with Crippen LogP contribution in [0.2, 0.25) is 10.0 Å². The van der Waals surface area contributed by atoms with Crippen LogP contribution in [0.5, 0.6) is 5.75 Å². The highest BCUT2D eigenvalue weighted by Crippen LogP contribution is 2.36. The van der Waals surface area contributed by atoms with Crippen LogP contribution in [-0.2, 0) is 11.4 Å². The second-order valence-electron chi connectivity index (χ2n) is 8.04.